The first-order valence-electron chi connectivity index (χ1n) is 12.2. The van der Waals surface area contributed by atoms with E-state index in [0.717, 1.165) is 16.7 Å². The predicted octanol–water partition coefficient (Wildman–Crippen LogP) is 4.23. The van der Waals surface area contributed by atoms with E-state index < -0.39 is 5.54 Å². The summed E-state index contributed by atoms with van der Waals surface area (Å²) in [6.07, 6.45) is 9.13. The maximum atomic E-state index is 14.3. The summed E-state index contributed by atoms with van der Waals surface area (Å²) >= 11 is 0. The first-order valence-corrected chi connectivity index (χ1v) is 12.2. The Morgan fingerprint density at radius 1 is 0.842 bits per heavy atom. The SMILES string of the molecule is N#Cc1ccc(C(=O)C=C2NC(Cc3ccncc3)(Cc3ccncc3)C(=O)N2Cc2ccccc2)cc1. The molecule has 1 saturated heterocycles. The fourth-order valence-electron chi connectivity index (χ4n) is 4.69. The van der Waals surface area contributed by atoms with Gasteiger partial charge in [-0.15, -0.1) is 0 Å². The zero-order valence-electron chi connectivity index (χ0n) is 20.6. The van der Waals surface area contributed by atoms with Crippen LogP contribution < -0.4 is 5.32 Å². The molecule has 5 rings (SSSR count). The van der Waals surface area contributed by atoms with E-state index in [4.69, 9.17) is 5.26 Å². The number of aromatic nitrogens is 2. The average molecular weight is 500 g/mol. The first-order chi connectivity index (χ1) is 18.6. The maximum absolute atomic E-state index is 14.3. The summed E-state index contributed by atoms with van der Waals surface area (Å²) in [6.45, 7) is 0.313. The average Bonchev–Trinajstić information content (AvgIpc) is 3.19. The number of pyridine rings is 2. The minimum Gasteiger partial charge on any atom is -0.357 e. The Morgan fingerprint density at radius 3 is 1.97 bits per heavy atom. The highest BCUT2D eigenvalue weighted by Crippen LogP contribution is 2.32. The molecular weight excluding hydrogens is 474 g/mol. The molecule has 7 heteroatoms. The summed E-state index contributed by atoms with van der Waals surface area (Å²) < 4.78 is 0. The van der Waals surface area contributed by atoms with Crippen molar-refractivity contribution in [2.45, 2.75) is 24.9 Å². The van der Waals surface area contributed by atoms with E-state index in [2.05, 4.69) is 21.4 Å². The minimum absolute atomic E-state index is 0.117. The van der Waals surface area contributed by atoms with Gasteiger partial charge in [0, 0.05) is 49.3 Å². The number of rotatable bonds is 8. The Morgan fingerprint density at radius 2 is 1.42 bits per heavy atom. The molecule has 2 aromatic carbocycles. The fraction of sp³-hybridized carbons (Fsp3) is 0.129. The Hall–Kier alpha value is -5.09. The third kappa shape index (κ3) is 5.35. The topological polar surface area (TPSA) is 99.0 Å². The van der Waals surface area contributed by atoms with Gasteiger partial charge in [0.2, 0.25) is 0 Å². The van der Waals surface area contributed by atoms with E-state index in [-0.39, 0.29) is 11.7 Å². The highest BCUT2D eigenvalue weighted by Gasteiger charge is 2.49. The molecule has 1 amide bonds. The summed E-state index contributed by atoms with van der Waals surface area (Å²) in [7, 11) is 0. The predicted molar refractivity (Wildman–Crippen MR) is 142 cm³/mol. The molecular formula is C31H25N5O2. The second kappa shape index (κ2) is 10.9. The zero-order chi connectivity index (χ0) is 26.4. The van der Waals surface area contributed by atoms with Crippen molar-refractivity contribution >= 4 is 11.7 Å². The number of hydrogen-bond acceptors (Lipinski definition) is 6. The van der Waals surface area contributed by atoms with Crippen LogP contribution in [0.15, 0.2) is 116 Å². The molecule has 0 aliphatic carbocycles. The molecule has 1 aliphatic rings. The van der Waals surface area contributed by atoms with E-state index >= 15 is 0 Å². The lowest BCUT2D eigenvalue weighted by Crippen LogP contribution is -2.50. The van der Waals surface area contributed by atoms with Gasteiger partial charge < -0.3 is 5.32 Å². The van der Waals surface area contributed by atoms with Gasteiger partial charge in [-0.3, -0.25) is 24.5 Å². The smallest absolute Gasteiger partial charge is 0.254 e. The number of hydrogen-bond donors (Lipinski definition) is 1. The Kier molecular flexibility index (Phi) is 7.05. The van der Waals surface area contributed by atoms with Gasteiger partial charge in [-0.2, -0.15) is 5.26 Å². The summed E-state index contributed by atoms with van der Waals surface area (Å²) in [5.41, 5.74) is 2.74. The molecule has 0 saturated carbocycles. The van der Waals surface area contributed by atoms with Gasteiger partial charge in [0.05, 0.1) is 18.2 Å². The van der Waals surface area contributed by atoms with Gasteiger partial charge in [0.25, 0.3) is 5.91 Å². The number of carbonyl (C=O) groups is 2. The summed E-state index contributed by atoms with van der Waals surface area (Å²) in [5.74, 6) is 0.0663. The van der Waals surface area contributed by atoms with Gasteiger partial charge in [0.1, 0.15) is 11.4 Å². The van der Waals surface area contributed by atoms with Crippen LogP contribution in [0, 0.1) is 11.3 Å². The number of ketones is 1. The van der Waals surface area contributed by atoms with Gasteiger partial charge >= 0.3 is 0 Å². The van der Waals surface area contributed by atoms with Crippen molar-refractivity contribution in [3.63, 3.8) is 0 Å². The van der Waals surface area contributed by atoms with Crippen LogP contribution in [0.4, 0.5) is 0 Å². The molecule has 0 bridgehead atoms. The number of nitriles is 1. The van der Waals surface area contributed by atoms with E-state index in [1.807, 2.05) is 54.6 Å². The molecule has 7 nitrogen and oxygen atoms in total. The molecule has 0 spiro atoms. The quantitative estimate of drug-likeness (QED) is 0.288. The monoisotopic (exact) mass is 499 g/mol. The molecule has 1 N–H and O–H groups in total. The van der Waals surface area contributed by atoms with Crippen molar-refractivity contribution in [1.29, 1.82) is 5.26 Å². The van der Waals surface area contributed by atoms with E-state index in [1.165, 1.54) is 6.08 Å². The Labute approximate surface area is 221 Å². The van der Waals surface area contributed by atoms with Crippen LogP contribution in [-0.2, 0) is 24.2 Å². The lowest BCUT2D eigenvalue weighted by Gasteiger charge is -2.28. The molecule has 4 aromatic rings. The fourth-order valence-corrected chi connectivity index (χ4v) is 4.69. The van der Waals surface area contributed by atoms with Gasteiger partial charge in [-0.1, -0.05) is 30.3 Å². The summed E-state index contributed by atoms with van der Waals surface area (Å²) in [5, 5.41) is 12.6. The second-order valence-electron chi connectivity index (χ2n) is 9.23. The normalized spacial score (nSPS) is 15.2. The van der Waals surface area contributed by atoms with Crippen LogP contribution >= 0.6 is 0 Å². The molecule has 1 fully saturated rings. The van der Waals surface area contributed by atoms with Crippen molar-refractivity contribution in [2.75, 3.05) is 0 Å². The highest BCUT2D eigenvalue weighted by atomic mass is 16.2. The van der Waals surface area contributed by atoms with Gasteiger partial charge in [-0.05, 0) is 65.2 Å². The number of allylic oxidation sites excluding steroid dienone is 1. The molecule has 0 radical (unpaired) electrons. The molecule has 1 aliphatic heterocycles. The van der Waals surface area contributed by atoms with Crippen molar-refractivity contribution in [1.82, 2.24) is 20.2 Å². The zero-order valence-corrected chi connectivity index (χ0v) is 20.6. The van der Waals surface area contributed by atoms with Crippen molar-refractivity contribution < 1.29 is 9.59 Å². The van der Waals surface area contributed by atoms with E-state index in [1.54, 1.807) is 54.0 Å². The first kappa shape index (κ1) is 24.6. The third-order valence-electron chi connectivity index (χ3n) is 6.57. The summed E-state index contributed by atoms with van der Waals surface area (Å²) in [4.78, 5) is 37.5. The van der Waals surface area contributed by atoms with E-state index in [0.29, 0.717) is 36.3 Å². The maximum Gasteiger partial charge on any atom is 0.254 e. The van der Waals surface area contributed by atoms with Gasteiger partial charge in [0.15, 0.2) is 5.78 Å². The molecule has 2 aromatic heterocycles. The van der Waals surface area contributed by atoms with Crippen LogP contribution in [0.1, 0.15) is 32.6 Å². The second-order valence-corrected chi connectivity index (χ2v) is 9.23. The minimum atomic E-state index is -1.02. The Bertz CT molecular complexity index is 1450. The number of amides is 1. The number of nitrogens with one attached hydrogen (secondary N) is 1. The van der Waals surface area contributed by atoms with Crippen LogP contribution in [0.3, 0.4) is 0 Å². The third-order valence-corrected chi connectivity index (χ3v) is 6.57. The standard InChI is InChI=1S/C31H25N5O2/c32-21-25-6-8-27(9-7-25)28(37)18-29-35-31(19-23-10-14-33-15-11-23,20-24-12-16-34-17-13-24)30(38)36(29)22-26-4-2-1-3-5-26/h1-18,35H,19-20,22H2. The molecule has 0 atom stereocenters. The summed E-state index contributed by atoms with van der Waals surface area (Å²) in [6, 6.07) is 25.8. The van der Waals surface area contributed by atoms with Crippen LogP contribution in [0.5, 0.6) is 0 Å². The van der Waals surface area contributed by atoms with Crippen molar-refractivity contribution in [3.05, 3.63) is 143 Å². The van der Waals surface area contributed by atoms with Crippen LogP contribution in [-0.4, -0.2) is 32.1 Å². The van der Waals surface area contributed by atoms with Gasteiger partial charge in [-0.25, -0.2) is 0 Å². The molecule has 3 heterocycles. The number of benzene rings is 2. The van der Waals surface area contributed by atoms with Crippen LogP contribution in [0.25, 0.3) is 0 Å². The molecule has 38 heavy (non-hydrogen) atoms. The number of carbonyl (C=O) groups excluding carboxylic acids is 2. The highest BCUT2D eigenvalue weighted by molar-refractivity contribution is 6.06. The van der Waals surface area contributed by atoms with Crippen molar-refractivity contribution in [3.8, 4) is 6.07 Å². The lowest BCUT2D eigenvalue weighted by atomic mass is 9.85. The molecule has 186 valence electrons. The Balaban J connectivity index is 1.56. The molecule has 0 unspecified atom stereocenters. The lowest BCUT2D eigenvalue weighted by molar-refractivity contribution is -0.132. The van der Waals surface area contributed by atoms with Crippen molar-refractivity contribution in [2.24, 2.45) is 0 Å². The van der Waals surface area contributed by atoms with E-state index in [9.17, 15) is 9.59 Å². The largest absolute Gasteiger partial charge is 0.357 e. The van der Waals surface area contributed by atoms with Crippen LogP contribution in [0.2, 0.25) is 0 Å². The number of nitrogens with zero attached hydrogens (tertiary/aromatic N) is 4.